The van der Waals surface area contributed by atoms with Crippen LogP contribution in [0.1, 0.15) is 46.7 Å². The Morgan fingerprint density at radius 2 is 2.06 bits per heavy atom. The summed E-state index contributed by atoms with van der Waals surface area (Å²) in [6, 6.07) is 10.4. The van der Waals surface area contributed by atoms with Crippen LogP contribution in [0.4, 0.5) is 16.4 Å². The molecular formula is C25H36N4O4. The Labute approximate surface area is 197 Å². The van der Waals surface area contributed by atoms with Gasteiger partial charge < -0.3 is 20.1 Å². The fraction of sp³-hybridized carbons (Fsp3) is 0.480. The van der Waals surface area contributed by atoms with E-state index in [-0.39, 0.29) is 21.5 Å². The molecule has 1 saturated heterocycles. The number of pyridine rings is 1. The minimum atomic E-state index is -0.428. The molecule has 3 aliphatic rings. The quantitative estimate of drug-likeness (QED) is 0.683. The average Bonchev–Trinajstić information content (AvgIpc) is 3.42. The summed E-state index contributed by atoms with van der Waals surface area (Å²) in [6.45, 7) is 7.18. The third-order valence-electron chi connectivity index (χ3n) is 6.05. The smallest absolute Gasteiger partial charge is 0.416 e. The molecule has 2 N–H and O–H groups in total. The van der Waals surface area contributed by atoms with Gasteiger partial charge in [0.1, 0.15) is 11.9 Å². The number of aromatic nitrogens is 1. The molecule has 2 amide bonds. The Morgan fingerprint density at radius 3 is 2.88 bits per heavy atom. The number of hydrogen-bond donors (Lipinski definition) is 2. The van der Waals surface area contributed by atoms with Crippen molar-refractivity contribution in [3.63, 3.8) is 0 Å². The fourth-order valence-corrected chi connectivity index (χ4v) is 4.59. The molecule has 1 aromatic carbocycles. The first kappa shape index (κ1) is 23.0. The summed E-state index contributed by atoms with van der Waals surface area (Å²) in [7, 11) is 0. The summed E-state index contributed by atoms with van der Waals surface area (Å²) >= 11 is 0. The Balaban J connectivity index is 0.00000105. The van der Waals surface area contributed by atoms with Crippen molar-refractivity contribution in [2.75, 3.05) is 29.9 Å². The maximum Gasteiger partial charge on any atom is 0.416 e. The molecule has 33 heavy (non-hydrogen) atoms. The number of amides is 2. The van der Waals surface area contributed by atoms with E-state index in [4.69, 9.17) is 9.47 Å². The number of carbonyl (C=O) groups excluding carboxylic acids is 2. The predicted molar refractivity (Wildman–Crippen MR) is 131 cm³/mol. The van der Waals surface area contributed by atoms with Crippen molar-refractivity contribution in [2.45, 2.75) is 58.6 Å². The number of aryl methyl sites for hydroxylation is 1. The monoisotopic (exact) mass is 456 g/mol. The lowest BCUT2D eigenvalue weighted by molar-refractivity contribution is -0.118. The minimum Gasteiger partial charge on any atom is -0.480 e. The maximum atomic E-state index is 12.4. The first-order valence-corrected chi connectivity index (χ1v) is 11.9. The number of nitrogens with zero attached hydrogens (tertiary/aromatic N) is 2. The Kier molecular flexibility index (Phi) is 7.13. The molecule has 5 rings (SSSR count). The highest BCUT2D eigenvalue weighted by Crippen LogP contribution is 2.30. The van der Waals surface area contributed by atoms with Crippen molar-refractivity contribution >= 4 is 23.6 Å². The van der Waals surface area contributed by atoms with Gasteiger partial charge in [-0.1, -0.05) is 45.4 Å². The van der Waals surface area contributed by atoms with E-state index in [0.29, 0.717) is 36.5 Å². The Morgan fingerprint density at radius 1 is 1.21 bits per heavy atom. The number of fused-ring (bicyclic) bond motifs is 2. The third-order valence-corrected chi connectivity index (χ3v) is 6.05. The van der Waals surface area contributed by atoms with Crippen LogP contribution < -0.4 is 20.3 Å². The van der Waals surface area contributed by atoms with Gasteiger partial charge in [-0.3, -0.25) is 9.69 Å². The molecule has 1 aliphatic carbocycles. The van der Waals surface area contributed by atoms with Gasteiger partial charge in [0, 0.05) is 15.4 Å². The van der Waals surface area contributed by atoms with Crippen LogP contribution in [-0.4, -0.2) is 48.8 Å². The Hall–Kier alpha value is -3.13. The zero-order valence-electron chi connectivity index (χ0n) is 19.5. The zero-order chi connectivity index (χ0) is 23.4. The number of cyclic esters (lactones) is 1. The molecule has 0 spiro atoms. The number of carbonyl (C=O) groups is 2. The molecular weight excluding hydrogens is 420 g/mol. The lowest BCUT2D eigenvalue weighted by Gasteiger charge is -2.19. The van der Waals surface area contributed by atoms with Crippen LogP contribution in [0.25, 0.3) is 0 Å². The van der Waals surface area contributed by atoms with Crippen LogP contribution in [0.3, 0.4) is 0 Å². The summed E-state index contributed by atoms with van der Waals surface area (Å²) in [4.78, 5) is 29.8. The third kappa shape index (κ3) is 4.95. The summed E-state index contributed by atoms with van der Waals surface area (Å²) in [5.41, 5.74) is 4.36. The largest absolute Gasteiger partial charge is 0.480 e. The normalized spacial score (nSPS) is 20.8. The van der Waals surface area contributed by atoms with Gasteiger partial charge in [-0.15, -0.1) is 0 Å². The topological polar surface area (TPSA) is 92.8 Å². The van der Waals surface area contributed by atoms with Gasteiger partial charge in [-0.2, -0.15) is 0 Å². The summed E-state index contributed by atoms with van der Waals surface area (Å²) in [5.74, 6) is 1.00. The molecule has 2 aliphatic heterocycles. The SMILES string of the molecule is CC.CCCc1cccc2c1CC(NCC1CN(c3ccc4c(n3)NC(=O)CO4)C(=O)O1)C2.[HH].[HH]. The molecule has 1 aromatic heterocycles. The van der Waals surface area contributed by atoms with Crippen molar-refractivity contribution in [1.29, 1.82) is 0 Å². The Bertz CT molecular complexity index is 1040. The van der Waals surface area contributed by atoms with Gasteiger partial charge in [0.05, 0.1) is 6.54 Å². The first-order valence-electron chi connectivity index (χ1n) is 11.9. The van der Waals surface area contributed by atoms with E-state index in [1.807, 2.05) is 13.8 Å². The summed E-state index contributed by atoms with van der Waals surface area (Å²) in [5, 5.41) is 6.25. The molecule has 0 saturated carbocycles. The minimum absolute atomic E-state index is 0. The molecule has 8 heteroatoms. The van der Waals surface area contributed by atoms with E-state index in [1.54, 1.807) is 12.1 Å². The highest BCUT2D eigenvalue weighted by Gasteiger charge is 2.34. The summed E-state index contributed by atoms with van der Waals surface area (Å²) in [6.07, 6.45) is 3.60. The van der Waals surface area contributed by atoms with Crippen LogP contribution in [0.5, 0.6) is 5.75 Å². The van der Waals surface area contributed by atoms with Crippen molar-refractivity contribution in [2.24, 2.45) is 0 Å². The molecule has 0 radical (unpaired) electrons. The van der Waals surface area contributed by atoms with Crippen LogP contribution in [0.15, 0.2) is 30.3 Å². The molecule has 8 nitrogen and oxygen atoms in total. The number of benzene rings is 1. The molecule has 180 valence electrons. The van der Waals surface area contributed by atoms with Crippen LogP contribution in [-0.2, 0) is 28.8 Å². The number of anilines is 2. The fourth-order valence-electron chi connectivity index (χ4n) is 4.59. The van der Waals surface area contributed by atoms with Crippen LogP contribution in [0.2, 0.25) is 0 Å². The van der Waals surface area contributed by atoms with Gasteiger partial charge in [-0.05, 0) is 48.1 Å². The molecule has 2 aromatic rings. The number of rotatable bonds is 6. The van der Waals surface area contributed by atoms with Gasteiger partial charge in [0.25, 0.3) is 5.91 Å². The van der Waals surface area contributed by atoms with Crippen molar-refractivity contribution in [3.05, 3.63) is 47.0 Å². The molecule has 1 fully saturated rings. The van der Waals surface area contributed by atoms with Crippen molar-refractivity contribution < 1.29 is 21.9 Å². The molecule has 2 unspecified atom stereocenters. The van der Waals surface area contributed by atoms with E-state index >= 15 is 0 Å². The average molecular weight is 457 g/mol. The number of nitrogens with one attached hydrogen (secondary N) is 2. The van der Waals surface area contributed by atoms with Crippen LogP contribution >= 0.6 is 0 Å². The second-order valence-electron chi connectivity index (χ2n) is 8.29. The summed E-state index contributed by atoms with van der Waals surface area (Å²) < 4.78 is 10.9. The van der Waals surface area contributed by atoms with E-state index < -0.39 is 6.09 Å². The number of ether oxygens (including phenoxy) is 2. The van der Waals surface area contributed by atoms with Gasteiger partial charge >= 0.3 is 6.09 Å². The first-order chi connectivity index (χ1) is 16.1. The van der Waals surface area contributed by atoms with E-state index in [1.165, 1.54) is 21.6 Å². The maximum absolute atomic E-state index is 12.4. The van der Waals surface area contributed by atoms with Crippen molar-refractivity contribution in [1.82, 2.24) is 10.3 Å². The lowest BCUT2D eigenvalue weighted by atomic mass is 10.00. The van der Waals surface area contributed by atoms with Gasteiger partial charge in [0.2, 0.25) is 0 Å². The van der Waals surface area contributed by atoms with E-state index in [0.717, 1.165) is 25.7 Å². The molecule has 3 heterocycles. The highest BCUT2D eigenvalue weighted by atomic mass is 16.6. The van der Waals surface area contributed by atoms with E-state index in [9.17, 15) is 9.59 Å². The van der Waals surface area contributed by atoms with E-state index in [2.05, 4.69) is 40.7 Å². The standard InChI is InChI=1S/C23H26N4O4.C2H6.2H2/c1-2-4-14-5-3-6-15-9-16(10-18(14)15)24-11-17-12-27(23(29)31-17)20-8-7-19-22(25-20)26-21(28)13-30-19;1-2;;/h3,5-8,16-17,24H,2,4,9-13H2,1H3,(H,25,26,28);1-2H3;2*1H. The van der Waals surface area contributed by atoms with Gasteiger partial charge in [-0.25, -0.2) is 9.78 Å². The van der Waals surface area contributed by atoms with Crippen molar-refractivity contribution in [3.8, 4) is 5.75 Å². The molecule has 0 bridgehead atoms. The lowest BCUT2D eigenvalue weighted by Crippen LogP contribution is -2.38. The van der Waals surface area contributed by atoms with Crippen LogP contribution in [0, 0.1) is 0 Å². The molecule has 2 atom stereocenters. The highest BCUT2D eigenvalue weighted by molar-refractivity contribution is 5.95. The van der Waals surface area contributed by atoms with Gasteiger partial charge in [0.15, 0.2) is 18.2 Å². The second kappa shape index (κ2) is 10.2. The second-order valence-corrected chi connectivity index (χ2v) is 8.29. The predicted octanol–water partition coefficient (Wildman–Crippen LogP) is 3.97. The number of hydrogen-bond acceptors (Lipinski definition) is 6. The zero-order valence-corrected chi connectivity index (χ0v) is 19.5.